The molecule has 6 heterocycles. The molecule has 4 aromatic heterocycles. The molecule has 22 nitrogen and oxygen atoms in total. The van der Waals surface area contributed by atoms with E-state index in [0.29, 0.717) is 85.0 Å². The van der Waals surface area contributed by atoms with Gasteiger partial charge < -0.3 is 58.0 Å². The van der Waals surface area contributed by atoms with E-state index in [2.05, 4.69) is 20.6 Å². The summed E-state index contributed by atoms with van der Waals surface area (Å²) >= 11 is 0. The van der Waals surface area contributed by atoms with Gasteiger partial charge in [0.15, 0.2) is 0 Å². The topological polar surface area (TPSA) is 254 Å². The lowest BCUT2D eigenvalue weighted by Crippen LogP contribution is -2.57. The number of anilines is 2. The zero-order chi connectivity index (χ0) is 61.1. The summed E-state index contributed by atoms with van der Waals surface area (Å²) in [7, 11) is 2.65. The molecular formula is C60H90N10O12. The summed E-state index contributed by atoms with van der Waals surface area (Å²) in [6.07, 6.45) is 5.91. The molecular weight excluding hydrogens is 1050 g/mol. The first-order valence-electron chi connectivity index (χ1n) is 28.2. The van der Waals surface area contributed by atoms with E-state index in [-0.39, 0.29) is 60.7 Å². The number of amides is 4. The van der Waals surface area contributed by atoms with E-state index in [1.807, 2.05) is 81.4 Å². The lowest BCUT2D eigenvalue weighted by Gasteiger charge is -2.42. The Balaban J connectivity index is 0.000000301. The van der Waals surface area contributed by atoms with Crippen molar-refractivity contribution in [2.75, 3.05) is 64.1 Å². The van der Waals surface area contributed by atoms with Crippen molar-refractivity contribution in [3.05, 3.63) is 83.5 Å². The molecule has 2 fully saturated rings. The third kappa shape index (κ3) is 18.9. The van der Waals surface area contributed by atoms with Crippen molar-refractivity contribution in [1.82, 2.24) is 39.5 Å². The summed E-state index contributed by atoms with van der Waals surface area (Å²) in [6, 6.07) is 6.35. The minimum absolute atomic E-state index is 0.113. The molecule has 82 heavy (non-hydrogen) atoms. The summed E-state index contributed by atoms with van der Waals surface area (Å²) in [5.74, 6) is 0.919. The summed E-state index contributed by atoms with van der Waals surface area (Å²) in [6.45, 7) is 33.0. The molecule has 2 aliphatic heterocycles. The number of furan rings is 2. The molecule has 4 aromatic rings. The van der Waals surface area contributed by atoms with Crippen LogP contribution in [0.4, 0.5) is 21.2 Å². The summed E-state index contributed by atoms with van der Waals surface area (Å²) in [5.41, 5.74) is -1.50. The van der Waals surface area contributed by atoms with Crippen molar-refractivity contribution in [3.63, 3.8) is 0 Å². The van der Waals surface area contributed by atoms with Crippen molar-refractivity contribution in [2.45, 2.75) is 171 Å². The quantitative estimate of drug-likeness (QED) is 0.0781. The fraction of sp³-hybridized carbons (Fsp3) is 0.633. The molecule has 2 N–H and O–H groups in total. The van der Waals surface area contributed by atoms with Crippen LogP contribution in [0.3, 0.4) is 0 Å². The van der Waals surface area contributed by atoms with E-state index >= 15 is 0 Å². The fourth-order valence-electron chi connectivity index (χ4n) is 9.35. The standard InChI is InChI=1S/2C30H45N5O6/c2*1-19(2)16-35(21-13-20(26(37)39-9)17-34(18-21)28(38)41-30(6,7)8)25(36)23-15-32-27(29(3,4)5)33-24(23)31-14-22-11-10-12-40-22/h2*10-12,15,19-21H,13-14,16-18H2,1-9H3,(H,31,32,33)/t2*20-,21+/m10/s1. The van der Waals surface area contributed by atoms with Crippen LogP contribution in [0.15, 0.2) is 58.0 Å². The molecule has 4 amide bonds. The van der Waals surface area contributed by atoms with E-state index < -0.39 is 59.2 Å². The Bertz CT molecular complexity index is 2590. The lowest BCUT2D eigenvalue weighted by molar-refractivity contribution is -0.149. The second-order valence-corrected chi connectivity index (χ2v) is 26.0. The number of methoxy groups -OCH3 is 2. The van der Waals surface area contributed by atoms with Crippen molar-refractivity contribution in [2.24, 2.45) is 23.7 Å². The predicted molar refractivity (Wildman–Crippen MR) is 309 cm³/mol. The van der Waals surface area contributed by atoms with Gasteiger partial charge in [-0.15, -0.1) is 0 Å². The lowest BCUT2D eigenvalue weighted by atomic mass is 9.92. The highest BCUT2D eigenvalue weighted by Gasteiger charge is 2.43. The number of carbonyl (C=O) groups excluding carboxylic acids is 6. The molecule has 0 radical (unpaired) electrons. The van der Waals surface area contributed by atoms with Gasteiger partial charge in [-0.1, -0.05) is 69.2 Å². The van der Waals surface area contributed by atoms with Gasteiger partial charge in [-0.05, 0) is 90.5 Å². The molecule has 22 heteroatoms. The van der Waals surface area contributed by atoms with E-state index in [1.165, 1.54) is 24.0 Å². The fourth-order valence-corrected chi connectivity index (χ4v) is 9.35. The third-order valence-electron chi connectivity index (χ3n) is 13.2. The average molecular weight is 1140 g/mol. The molecule has 2 saturated heterocycles. The molecule has 0 bridgehead atoms. The number of piperidine rings is 2. The van der Waals surface area contributed by atoms with Crippen LogP contribution in [0.2, 0.25) is 0 Å². The highest BCUT2D eigenvalue weighted by atomic mass is 16.6. The van der Waals surface area contributed by atoms with E-state index in [4.69, 9.17) is 37.7 Å². The maximum atomic E-state index is 14.3. The Morgan fingerprint density at radius 3 is 1.22 bits per heavy atom. The first-order chi connectivity index (χ1) is 38.2. The van der Waals surface area contributed by atoms with Gasteiger partial charge in [-0.3, -0.25) is 19.2 Å². The van der Waals surface area contributed by atoms with E-state index in [9.17, 15) is 28.8 Å². The number of aromatic nitrogens is 4. The predicted octanol–water partition coefficient (Wildman–Crippen LogP) is 9.75. The summed E-state index contributed by atoms with van der Waals surface area (Å²) < 4.78 is 32.3. The highest BCUT2D eigenvalue weighted by molar-refractivity contribution is 5.99. The highest BCUT2D eigenvalue weighted by Crippen LogP contribution is 2.31. The smallest absolute Gasteiger partial charge is 0.410 e. The molecule has 0 spiro atoms. The number of likely N-dealkylation sites (tertiary alicyclic amines) is 2. The Labute approximate surface area is 484 Å². The van der Waals surface area contributed by atoms with Crippen LogP contribution >= 0.6 is 0 Å². The Kier molecular flexibility index (Phi) is 22.1. The van der Waals surface area contributed by atoms with Crippen LogP contribution in [0, 0.1) is 23.7 Å². The van der Waals surface area contributed by atoms with Crippen LogP contribution in [0.1, 0.15) is 168 Å². The Hall–Kier alpha value is -7.26. The van der Waals surface area contributed by atoms with Crippen LogP contribution in [0.5, 0.6) is 0 Å². The van der Waals surface area contributed by atoms with Gasteiger partial charge in [0.1, 0.15) is 57.1 Å². The molecule has 0 saturated carbocycles. The first kappa shape index (κ1) is 65.5. The second-order valence-electron chi connectivity index (χ2n) is 26.0. The minimum atomic E-state index is -0.709. The van der Waals surface area contributed by atoms with Crippen LogP contribution in [-0.4, -0.2) is 152 Å². The van der Waals surface area contributed by atoms with Crippen LogP contribution in [-0.2, 0) is 52.5 Å². The van der Waals surface area contributed by atoms with Crippen molar-refractivity contribution in [1.29, 1.82) is 0 Å². The first-order valence-corrected chi connectivity index (χ1v) is 28.2. The Morgan fingerprint density at radius 1 is 0.585 bits per heavy atom. The monoisotopic (exact) mass is 1140 g/mol. The molecule has 6 rings (SSSR count). The summed E-state index contributed by atoms with van der Waals surface area (Å²) in [4.78, 5) is 105. The molecule has 0 aliphatic carbocycles. The number of hydrogen-bond acceptors (Lipinski definition) is 18. The van der Waals surface area contributed by atoms with Crippen molar-refractivity contribution < 1.29 is 56.5 Å². The largest absolute Gasteiger partial charge is 0.469 e. The summed E-state index contributed by atoms with van der Waals surface area (Å²) in [5, 5.41) is 6.52. The van der Waals surface area contributed by atoms with Crippen molar-refractivity contribution in [3.8, 4) is 0 Å². The number of nitrogens with zero attached hydrogens (tertiary/aromatic N) is 8. The molecule has 0 aromatic carbocycles. The molecule has 4 atom stereocenters. The normalized spacial score (nSPS) is 17.8. The van der Waals surface area contributed by atoms with E-state index in [1.54, 1.807) is 88.4 Å². The van der Waals surface area contributed by atoms with Crippen LogP contribution in [0.25, 0.3) is 0 Å². The van der Waals surface area contributed by atoms with E-state index in [0.717, 1.165) is 0 Å². The SMILES string of the molecule is COC(=O)[C@@H]1C[C@H](N(CC(C)C)C(=O)c2cnc(C(C)(C)C)nc2NCc2ccco2)CN(C(=O)OC(C)(C)C)C1.COC(=O)[C@H]1C[C@@H](N(CC(C)C)C(=O)c2cnc(C(C)(C)C)nc2NCc2ccco2)CN(C(=O)OC(C)(C)C)C1. The minimum Gasteiger partial charge on any atom is -0.469 e. The van der Waals surface area contributed by atoms with Gasteiger partial charge in [0.05, 0.1) is 63.8 Å². The number of ether oxygens (including phenoxy) is 4. The van der Waals surface area contributed by atoms with Gasteiger partial charge in [-0.25, -0.2) is 29.5 Å². The molecule has 0 unspecified atom stereocenters. The van der Waals surface area contributed by atoms with Gasteiger partial charge in [0, 0.05) is 62.5 Å². The molecule has 452 valence electrons. The maximum absolute atomic E-state index is 14.3. The Morgan fingerprint density at radius 2 is 0.939 bits per heavy atom. The number of nitrogens with one attached hydrogen (secondary N) is 2. The third-order valence-corrected chi connectivity index (χ3v) is 13.2. The average Bonchev–Trinajstić information content (AvgIpc) is 4.27. The number of esters is 2. The van der Waals surface area contributed by atoms with Gasteiger partial charge >= 0.3 is 24.1 Å². The number of carbonyl (C=O) groups is 6. The van der Waals surface area contributed by atoms with Gasteiger partial charge in [-0.2, -0.15) is 0 Å². The van der Waals surface area contributed by atoms with Gasteiger partial charge in [0.25, 0.3) is 11.8 Å². The zero-order valence-electron chi connectivity index (χ0n) is 51.6. The maximum Gasteiger partial charge on any atom is 0.410 e. The molecule has 2 aliphatic rings. The zero-order valence-corrected chi connectivity index (χ0v) is 51.6. The van der Waals surface area contributed by atoms with Crippen molar-refractivity contribution >= 4 is 47.6 Å². The van der Waals surface area contributed by atoms with Crippen LogP contribution < -0.4 is 10.6 Å². The van der Waals surface area contributed by atoms with Gasteiger partial charge in [0.2, 0.25) is 0 Å². The number of rotatable bonds is 16. The second kappa shape index (κ2) is 27.7. The number of hydrogen-bond donors (Lipinski definition) is 2.